The zero-order chi connectivity index (χ0) is 48.2. The summed E-state index contributed by atoms with van der Waals surface area (Å²) >= 11 is 6.06. The van der Waals surface area contributed by atoms with Crippen LogP contribution >= 0.6 is 11.6 Å². The van der Waals surface area contributed by atoms with Crippen LogP contribution in [0, 0.1) is 6.92 Å². The van der Waals surface area contributed by atoms with Crippen LogP contribution in [0.4, 0.5) is 5.69 Å². The molecule has 1 amide bonds. The van der Waals surface area contributed by atoms with E-state index in [9.17, 15) is 31.0 Å². The quantitative estimate of drug-likeness (QED) is 0.0329. The van der Waals surface area contributed by atoms with Gasteiger partial charge in [0.2, 0.25) is 21.3 Å². The summed E-state index contributed by atoms with van der Waals surface area (Å²) in [5.41, 5.74) is 5.45. The van der Waals surface area contributed by atoms with Gasteiger partial charge in [0.15, 0.2) is 0 Å². The number of halogens is 1. The number of methoxy groups -OCH3 is 1. The molecule has 0 unspecified atom stereocenters. The lowest BCUT2D eigenvalue weighted by atomic mass is 9.93. The molecule has 1 aromatic heterocycles. The number of rotatable bonds is 18. The van der Waals surface area contributed by atoms with Gasteiger partial charge in [-0.3, -0.25) is 18.7 Å². The van der Waals surface area contributed by atoms with Crippen LogP contribution in [0.1, 0.15) is 62.2 Å². The predicted molar refractivity (Wildman–Crippen MR) is 264 cm³/mol. The van der Waals surface area contributed by atoms with Gasteiger partial charge in [0, 0.05) is 82.2 Å². The molecule has 0 radical (unpaired) electrons. The maximum atomic E-state index is 13.8. The molecule has 2 heterocycles. The monoisotopic (exact) mass is 968 g/mol. The van der Waals surface area contributed by atoms with Gasteiger partial charge in [0.05, 0.1) is 25.1 Å². The van der Waals surface area contributed by atoms with Crippen molar-refractivity contribution in [3.8, 4) is 28.2 Å². The minimum atomic E-state index is -5.05. The predicted octanol–water partition coefficient (Wildman–Crippen LogP) is 8.14. The van der Waals surface area contributed by atoms with E-state index < -0.39 is 29.9 Å². The first-order chi connectivity index (χ1) is 32.0. The highest BCUT2D eigenvalue weighted by Gasteiger charge is 2.28. The van der Waals surface area contributed by atoms with E-state index in [2.05, 4.69) is 47.2 Å². The third-order valence-electron chi connectivity index (χ3n) is 12.1. The molecule has 0 saturated carbocycles. The SMILES string of the molecule is CCN(CC)c1ccc2c(-c3ccc(S(=O)(=O)NCCCCNC(=O)Cc4c(C)n(C(=O)c5ccc(Cl)cc5)c5ccc(OC)cc45)c(S(=O)(=O)O)c3)c3ccc(=[N+](CC)CC)cc-3oc2c1. The third-order valence-corrected chi connectivity index (χ3v) is 14.9. The fourth-order valence-corrected chi connectivity index (χ4v) is 11.1. The van der Waals surface area contributed by atoms with E-state index in [-0.39, 0.29) is 31.3 Å². The zero-order valence-electron chi connectivity index (χ0n) is 38.4. The summed E-state index contributed by atoms with van der Waals surface area (Å²) in [7, 11) is -7.97. The van der Waals surface area contributed by atoms with Crippen LogP contribution in [0.15, 0.2) is 111 Å². The summed E-state index contributed by atoms with van der Waals surface area (Å²) in [5, 5.41) is 5.69. The molecule has 1 aliphatic carbocycles. The van der Waals surface area contributed by atoms with Crippen molar-refractivity contribution < 1.29 is 40.1 Å². The van der Waals surface area contributed by atoms with Crippen molar-refractivity contribution in [2.24, 2.45) is 0 Å². The molecule has 0 saturated heterocycles. The van der Waals surface area contributed by atoms with Gasteiger partial charge in [-0.05, 0) is 131 Å². The first-order valence-electron chi connectivity index (χ1n) is 22.2. The minimum absolute atomic E-state index is 0.0323. The molecule has 4 aromatic carbocycles. The molecular formula is C50H55ClN5O9S2+. The number of carbonyl (C=O) groups excluding carboxylic acids is 2. The highest BCUT2D eigenvalue weighted by molar-refractivity contribution is 7.91. The Hall–Kier alpha value is -6.04. The van der Waals surface area contributed by atoms with Crippen LogP contribution in [0.2, 0.25) is 5.02 Å². The minimum Gasteiger partial charge on any atom is -0.497 e. The molecule has 3 N–H and O–H groups in total. The second-order valence-corrected chi connectivity index (χ2v) is 19.6. The van der Waals surface area contributed by atoms with Gasteiger partial charge in [-0.15, -0.1) is 0 Å². The lowest BCUT2D eigenvalue weighted by Crippen LogP contribution is -2.29. The van der Waals surface area contributed by atoms with Crippen LogP contribution in [0.3, 0.4) is 0 Å². The van der Waals surface area contributed by atoms with Crippen LogP contribution in [0.25, 0.3) is 44.3 Å². The Morgan fingerprint density at radius 3 is 2.21 bits per heavy atom. The fourth-order valence-electron chi connectivity index (χ4n) is 8.62. The number of carbonyl (C=O) groups is 2. The zero-order valence-corrected chi connectivity index (χ0v) is 40.7. The highest BCUT2D eigenvalue weighted by Crippen LogP contribution is 2.42. The summed E-state index contributed by atoms with van der Waals surface area (Å²) in [6.45, 7) is 13.3. The first-order valence-corrected chi connectivity index (χ1v) is 25.5. The molecule has 352 valence electrons. The fraction of sp³-hybridized carbons (Fsp3) is 0.300. The van der Waals surface area contributed by atoms with Crippen molar-refractivity contribution in [3.05, 3.63) is 124 Å². The highest BCUT2D eigenvalue weighted by atomic mass is 35.5. The van der Waals surface area contributed by atoms with Gasteiger partial charge in [-0.25, -0.2) is 17.7 Å². The number of hydrogen-bond acceptors (Lipinski definition) is 9. The molecule has 67 heavy (non-hydrogen) atoms. The summed E-state index contributed by atoms with van der Waals surface area (Å²) in [5.74, 6) is 0.540. The van der Waals surface area contributed by atoms with Crippen molar-refractivity contribution in [2.75, 3.05) is 51.3 Å². The number of aromatic nitrogens is 1. The molecule has 0 bridgehead atoms. The molecule has 17 heteroatoms. The van der Waals surface area contributed by atoms with E-state index in [0.717, 1.165) is 37.2 Å². The van der Waals surface area contributed by atoms with Crippen molar-refractivity contribution in [3.63, 3.8) is 0 Å². The average molecular weight is 970 g/mol. The number of unbranched alkanes of at least 4 members (excludes halogenated alkanes) is 1. The van der Waals surface area contributed by atoms with Gasteiger partial charge in [0.1, 0.15) is 40.0 Å². The summed E-state index contributed by atoms with van der Waals surface area (Å²) in [4.78, 5) is 27.8. The van der Waals surface area contributed by atoms with Gasteiger partial charge in [0.25, 0.3) is 16.0 Å². The number of sulfonamides is 1. The molecule has 1 aliphatic heterocycles. The van der Waals surface area contributed by atoms with E-state index in [4.69, 9.17) is 20.8 Å². The maximum Gasteiger partial charge on any atom is 0.295 e. The number of hydrogen-bond donors (Lipinski definition) is 3. The van der Waals surface area contributed by atoms with Gasteiger partial charge < -0.3 is 19.4 Å². The Morgan fingerprint density at radius 2 is 1.54 bits per heavy atom. The maximum absolute atomic E-state index is 13.8. The first kappa shape index (κ1) is 48.9. The second kappa shape index (κ2) is 20.4. The van der Waals surface area contributed by atoms with E-state index in [1.165, 1.54) is 25.3 Å². The number of benzene rings is 5. The molecule has 2 aliphatic rings. The third kappa shape index (κ3) is 10.3. The van der Waals surface area contributed by atoms with Crippen molar-refractivity contribution >= 4 is 71.1 Å². The summed E-state index contributed by atoms with van der Waals surface area (Å²) in [6, 6.07) is 27.4. The van der Waals surface area contributed by atoms with Gasteiger partial charge in [-0.2, -0.15) is 8.42 Å². The summed E-state index contributed by atoms with van der Waals surface area (Å²) < 4.78 is 82.2. The van der Waals surface area contributed by atoms with Crippen molar-refractivity contribution in [2.45, 2.75) is 63.7 Å². The van der Waals surface area contributed by atoms with Crippen LogP contribution < -0.4 is 29.6 Å². The standard InChI is InChI=1S/C50H54ClN5O9S2/c1-7-54(8-2)36-18-21-39-44(28-36)65-45-29-37(55(9-3)10-4)19-22-40(45)49(39)34-15-24-46(47(27-34)67(61,62)63)66(59,60)53-26-12-11-25-52-48(57)31-41-32(5)56(43-23-20-38(64-6)30-42(41)43)50(58)33-13-16-35(51)17-14-33/h13-24,27-30,53H,7-12,25-26,31H2,1-6H3,(H-,52,57,61,62,63)/p+1. The summed E-state index contributed by atoms with van der Waals surface area (Å²) in [6.07, 6.45) is 0.642. The largest absolute Gasteiger partial charge is 0.497 e. The molecule has 0 fully saturated rings. The lowest BCUT2D eigenvalue weighted by molar-refractivity contribution is -0.120. The number of ether oxygens (including phenoxy) is 1. The normalized spacial score (nSPS) is 11.9. The average Bonchev–Trinajstić information content (AvgIpc) is 3.58. The van der Waals surface area contributed by atoms with E-state index in [1.807, 2.05) is 36.4 Å². The van der Waals surface area contributed by atoms with Crippen LogP contribution in [-0.2, 0) is 31.4 Å². The second-order valence-electron chi connectivity index (χ2n) is 16.0. The van der Waals surface area contributed by atoms with E-state index in [0.29, 0.717) is 84.8 Å². The van der Waals surface area contributed by atoms with E-state index in [1.54, 1.807) is 54.0 Å². The van der Waals surface area contributed by atoms with Crippen molar-refractivity contribution in [1.82, 2.24) is 19.2 Å². The van der Waals surface area contributed by atoms with Gasteiger partial charge >= 0.3 is 0 Å². The topological polar surface area (TPSA) is 180 Å². The van der Waals surface area contributed by atoms with Crippen molar-refractivity contribution in [1.29, 1.82) is 0 Å². The Balaban J connectivity index is 1.08. The number of nitrogens with one attached hydrogen (secondary N) is 2. The number of anilines is 1. The molecule has 0 atom stereocenters. The van der Waals surface area contributed by atoms with Gasteiger partial charge in [-0.1, -0.05) is 17.7 Å². The Labute approximate surface area is 396 Å². The molecule has 5 aromatic rings. The Morgan fingerprint density at radius 1 is 0.821 bits per heavy atom. The van der Waals surface area contributed by atoms with Crippen LogP contribution in [-0.4, -0.2) is 84.1 Å². The number of nitrogens with zero attached hydrogens (tertiary/aromatic N) is 3. The number of fused-ring (bicyclic) bond motifs is 3. The Bertz CT molecular complexity index is 3260. The molecule has 0 spiro atoms. The van der Waals surface area contributed by atoms with Crippen LogP contribution in [0.5, 0.6) is 5.75 Å². The smallest absolute Gasteiger partial charge is 0.295 e. The lowest BCUT2D eigenvalue weighted by Gasteiger charge is -2.22. The Kier molecular flexibility index (Phi) is 14.9. The molecular weight excluding hydrogens is 914 g/mol. The van der Waals surface area contributed by atoms with E-state index >= 15 is 0 Å². The molecule has 7 rings (SSSR count). The number of amides is 1. The molecule has 14 nitrogen and oxygen atoms in total.